The van der Waals surface area contributed by atoms with E-state index < -0.39 is 0 Å². The molecule has 0 saturated heterocycles. The third-order valence-corrected chi connectivity index (χ3v) is 0.725. The van der Waals surface area contributed by atoms with Gasteiger partial charge in [0.1, 0.15) is 0 Å². The molecule has 0 amide bonds. The van der Waals surface area contributed by atoms with Crippen molar-refractivity contribution >= 4 is 17.4 Å². The maximum Gasteiger partial charge on any atom is 0.0650 e. The molecule has 0 atom stereocenters. The van der Waals surface area contributed by atoms with Crippen LogP contribution in [0.5, 0.6) is 0 Å². The molecule has 0 aromatic carbocycles. The molecule has 0 unspecified atom stereocenters. The van der Waals surface area contributed by atoms with Crippen molar-refractivity contribution in [2.75, 3.05) is 13.2 Å². The van der Waals surface area contributed by atoms with Crippen molar-refractivity contribution in [3.63, 3.8) is 0 Å². The van der Waals surface area contributed by atoms with Crippen molar-refractivity contribution in [1.29, 1.82) is 5.41 Å². The molecule has 0 radical (unpaired) electrons. The highest BCUT2D eigenvalue weighted by molar-refractivity contribution is 7.78. The Hall–Kier alpha value is -0.700. The number of nitrogens with one attached hydrogen (secondary N) is 3. The number of rotatable bonds is 0. The maximum absolute atomic E-state index is 5.77. The fourth-order valence-corrected chi connectivity index (χ4v) is 0.429. The predicted octanol–water partition coefficient (Wildman–Crippen LogP) is 0.318. The lowest BCUT2D eigenvalue weighted by atomic mass is 10.5. The van der Waals surface area contributed by atoms with Crippen LogP contribution in [0.2, 0.25) is 0 Å². The highest BCUT2D eigenvalue weighted by Crippen LogP contribution is 1.68. The summed E-state index contributed by atoms with van der Waals surface area (Å²) in [5.74, 6) is 0. The van der Waals surface area contributed by atoms with Crippen LogP contribution >= 0.6 is 12.2 Å². The Labute approximate surface area is 59.7 Å². The summed E-state index contributed by atoms with van der Waals surface area (Å²) in [7, 11) is 0. The van der Waals surface area contributed by atoms with Crippen LogP contribution in [0.25, 0.3) is 0 Å². The SMILES string of the molecule is C1=CNCNC1.N=C=S. The molecule has 0 saturated carbocycles. The Morgan fingerprint density at radius 1 is 1.67 bits per heavy atom. The van der Waals surface area contributed by atoms with Gasteiger partial charge in [-0.3, -0.25) is 5.32 Å². The second-order valence-electron chi connectivity index (χ2n) is 1.34. The van der Waals surface area contributed by atoms with Crippen LogP contribution in [0.15, 0.2) is 12.3 Å². The Morgan fingerprint density at radius 2 is 2.33 bits per heavy atom. The van der Waals surface area contributed by atoms with Gasteiger partial charge in [-0.05, 0) is 18.4 Å². The van der Waals surface area contributed by atoms with Gasteiger partial charge in [0.2, 0.25) is 0 Å². The first-order chi connectivity index (χ1) is 4.41. The molecule has 0 fully saturated rings. The lowest BCUT2D eigenvalue weighted by Gasteiger charge is -2.05. The molecule has 9 heavy (non-hydrogen) atoms. The molecular weight excluding hydrogens is 134 g/mol. The molecule has 0 spiro atoms. The standard InChI is InChI=1S/C4H8N2.CHNS/c1-2-5-4-6-3-1;2-1-3/h1-2,5-6H,3-4H2;2H. The minimum Gasteiger partial charge on any atom is -0.379 e. The molecule has 1 heterocycles. The molecule has 1 rings (SSSR count). The molecule has 0 aliphatic carbocycles. The molecule has 50 valence electrons. The average molecular weight is 143 g/mol. The predicted molar refractivity (Wildman–Crippen MR) is 40.5 cm³/mol. The van der Waals surface area contributed by atoms with Crippen molar-refractivity contribution in [3.05, 3.63) is 12.3 Å². The molecule has 0 bridgehead atoms. The summed E-state index contributed by atoms with van der Waals surface area (Å²) in [5, 5.41) is 13.4. The minimum absolute atomic E-state index is 0.913. The van der Waals surface area contributed by atoms with Crippen molar-refractivity contribution < 1.29 is 0 Å². The summed E-state index contributed by atoms with van der Waals surface area (Å²) < 4.78 is 0. The third-order valence-electron chi connectivity index (χ3n) is 0.725. The van der Waals surface area contributed by atoms with Gasteiger partial charge in [0.05, 0.1) is 11.8 Å². The van der Waals surface area contributed by atoms with Crippen LogP contribution in [0.4, 0.5) is 0 Å². The monoisotopic (exact) mass is 143 g/mol. The van der Waals surface area contributed by atoms with Crippen molar-refractivity contribution in [2.24, 2.45) is 0 Å². The average Bonchev–Trinajstić information content (AvgIpc) is 1.93. The Balaban J connectivity index is 0.000000187. The van der Waals surface area contributed by atoms with E-state index in [4.69, 9.17) is 5.41 Å². The molecule has 3 nitrogen and oxygen atoms in total. The van der Waals surface area contributed by atoms with Crippen molar-refractivity contribution in [1.82, 2.24) is 10.6 Å². The topological polar surface area (TPSA) is 47.9 Å². The normalized spacial score (nSPS) is 14.2. The smallest absolute Gasteiger partial charge is 0.0650 e. The zero-order chi connectivity index (χ0) is 6.95. The maximum atomic E-state index is 5.77. The molecule has 0 aromatic heterocycles. The summed E-state index contributed by atoms with van der Waals surface area (Å²) in [6.45, 7) is 1.92. The first-order valence-electron chi connectivity index (χ1n) is 2.55. The van der Waals surface area contributed by atoms with Crippen LogP contribution < -0.4 is 10.6 Å². The number of thiocarbonyl (C=S) groups is 1. The summed E-state index contributed by atoms with van der Waals surface area (Å²) in [5.41, 5.74) is 0. The van der Waals surface area contributed by atoms with Gasteiger partial charge in [-0.1, -0.05) is 6.08 Å². The second-order valence-corrected chi connectivity index (χ2v) is 1.54. The quantitative estimate of drug-likeness (QED) is 0.338. The van der Waals surface area contributed by atoms with E-state index in [0.717, 1.165) is 13.2 Å². The molecule has 1 aliphatic heterocycles. The van der Waals surface area contributed by atoms with Gasteiger partial charge in [0.15, 0.2) is 0 Å². The zero-order valence-electron chi connectivity index (χ0n) is 4.98. The van der Waals surface area contributed by atoms with E-state index >= 15 is 0 Å². The van der Waals surface area contributed by atoms with E-state index in [2.05, 4.69) is 22.9 Å². The van der Waals surface area contributed by atoms with Gasteiger partial charge < -0.3 is 5.32 Å². The zero-order valence-corrected chi connectivity index (χ0v) is 5.79. The van der Waals surface area contributed by atoms with Crippen LogP contribution in [-0.2, 0) is 0 Å². The van der Waals surface area contributed by atoms with Crippen LogP contribution in [0.3, 0.4) is 0 Å². The van der Waals surface area contributed by atoms with Crippen molar-refractivity contribution in [3.8, 4) is 0 Å². The summed E-state index contributed by atoms with van der Waals surface area (Å²) in [6.07, 6.45) is 4.00. The van der Waals surface area contributed by atoms with Crippen LogP contribution in [0, 0.1) is 5.41 Å². The first-order valence-corrected chi connectivity index (χ1v) is 2.95. The Bertz CT molecular complexity index is 107. The Morgan fingerprint density at radius 3 is 2.44 bits per heavy atom. The largest absolute Gasteiger partial charge is 0.379 e. The molecule has 3 N–H and O–H groups in total. The molecular formula is C5H9N3S. The van der Waals surface area contributed by atoms with Gasteiger partial charge in [0, 0.05) is 6.54 Å². The van der Waals surface area contributed by atoms with Gasteiger partial charge in [0.25, 0.3) is 0 Å². The first kappa shape index (κ1) is 8.30. The van der Waals surface area contributed by atoms with Gasteiger partial charge >= 0.3 is 0 Å². The summed E-state index contributed by atoms with van der Waals surface area (Å²) >= 11 is 3.81. The van der Waals surface area contributed by atoms with E-state index in [1.54, 1.807) is 5.16 Å². The summed E-state index contributed by atoms with van der Waals surface area (Å²) in [4.78, 5) is 0. The number of isothiocyanates is 1. The van der Waals surface area contributed by atoms with Gasteiger partial charge in [-0.25, -0.2) is 5.41 Å². The lowest BCUT2D eigenvalue weighted by Crippen LogP contribution is -2.29. The highest BCUT2D eigenvalue weighted by Gasteiger charge is 1.81. The van der Waals surface area contributed by atoms with E-state index in [9.17, 15) is 0 Å². The van der Waals surface area contributed by atoms with E-state index in [1.165, 1.54) is 0 Å². The fraction of sp³-hybridized carbons (Fsp3) is 0.400. The van der Waals surface area contributed by atoms with E-state index in [1.807, 2.05) is 12.3 Å². The molecule has 1 aliphatic rings. The summed E-state index contributed by atoms with van der Waals surface area (Å²) in [6, 6.07) is 0. The Kier molecular flexibility index (Phi) is 6.73. The fourth-order valence-electron chi connectivity index (χ4n) is 0.429. The molecule has 4 heteroatoms. The van der Waals surface area contributed by atoms with Crippen LogP contribution in [-0.4, -0.2) is 18.4 Å². The van der Waals surface area contributed by atoms with Crippen molar-refractivity contribution in [2.45, 2.75) is 0 Å². The molecule has 0 aromatic rings. The number of hydrogen-bond donors (Lipinski definition) is 3. The van der Waals surface area contributed by atoms with E-state index in [-0.39, 0.29) is 0 Å². The second kappa shape index (κ2) is 7.30. The highest BCUT2D eigenvalue weighted by atomic mass is 32.1. The van der Waals surface area contributed by atoms with Gasteiger partial charge in [-0.15, -0.1) is 0 Å². The minimum atomic E-state index is 0.913. The lowest BCUT2D eigenvalue weighted by molar-refractivity contribution is 0.669. The van der Waals surface area contributed by atoms with Crippen LogP contribution in [0.1, 0.15) is 0 Å². The third kappa shape index (κ3) is 7.30. The number of hydrogen-bond acceptors (Lipinski definition) is 4. The van der Waals surface area contributed by atoms with E-state index in [0.29, 0.717) is 0 Å². The van der Waals surface area contributed by atoms with Gasteiger partial charge in [-0.2, -0.15) is 0 Å².